The summed E-state index contributed by atoms with van der Waals surface area (Å²) in [5, 5.41) is 8.52. The Morgan fingerprint density at radius 2 is 1.79 bits per heavy atom. The first-order chi connectivity index (χ1) is 13.5. The minimum absolute atomic E-state index is 0.0717. The molecule has 1 aromatic rings. The lowest BCUT2D eigenvalue weighted by Gasteiger charge is -2.23. The zero-order chi connectivity index (χ0) is 22.1. The highest BCUT2D eigenvalue weighted by Crippen LogP contribution is 2.35. The molecule has 0 radical (unpaired) electrons. The summed E-state index contributed by atoms with van der Waals surface area (Å²) in [6.45, 7) is 8.13. The van der Waals surface area contributed by atoms with Gasteiger partial charge < -0.3 is 20.7 Å². The van der Waals surface area contributed by atoms with E-state index in [1.807, 2.05) is 6.92 Å². The first-order valence-corrected chi connectivity index (χ1v) is 9.56. The average molecular weight is 416 g/mol. The lowest BCUT2D eigenvalue weighted by atomic mass is 10.1. The van der Waals surface area contributed by atoms with Gasteiger partial charge in [-0.15, -0.1) is 0 Å². The number of hydrogen-bond donors (Lipinski definition) is 3. The van der Waals surface area contributed by atoms with Gasteiger partial charge in [0.2, 0.25) is 5.91 Å². The fourth-order valence-corrected chi connectivity index (χ4v) is 2.44. The molecule has 0 saturated heterocycles. The molecule has 0 aromatic heterocycles. The summed E-state index contributed by atoms with van der Waals surface area (Å²) < 4.78 is 46.0. The van der Waals surface area contributed by atoms with Gasteiger partial charge in [0.25, 0.3) is 0 Å². The smallest absolute Gasteiger partial charge is 0.416 e. The topological polar surface area (TPSA) is 74.8 Å². The molecule has 0 aliphatic heterocycles. The summed E-state index contributed by atoms with van der Waals surface area (Å²) in [7, 11) is 1.51. The third-order valence-electron chi connectivity index (χ3n) is 3.70. The predicted molar refractivity (Wildman–Crippen MR) is 108 cm³/mol. The van der Waals surface area contributed by atoms with Gasteiger partial charge in [0.05, 0.1) is 5.56 Å². The Kier molecular flexibility index (Phi) is 9.26. The molecular formula is C20H31F3N4O2. The maximum atomic E-state index is 13.5. The molecule has 3 N–H and O–H groups in total. The van der Waals surface area contributed by atoms with E-state index in [0.717, 1.165) is 12.5 Å². The number of guanidine groups is 1. The van der Waals surface area contributed by atoms with Crippen molar-refractivity contribution < 1.29 is 22.7 Å². The van der Waals surface area contributed by atoms with Crippen molar-refractivity contribution in [3.8, 4) is 5.75 Å². The van der Waals surface area contributed by atoms with Crippen molar-refractivity contribution in [2.75, 3.05) is 20.1 Å². The van der Waals surface area contributed by atoms with Gasteiger partial charge >= 0.3 is 6.18 Å². The van der Waals surface area contributed by atoms with Gasteiger partial charge in [-0.3, -0.25) is 9.79 Å². The molecule has 0 unspecified atom stereocenters. The Labute approximate surface area is 170 Å². The molecule has 1 amide bonds. The first kappa shape index (κ1) is 24.6. The second kappa shape index (κ2) is 10.9. The summed E-state index contributed by atoms with van der Waals surface area (Å²) in [4.78, 5) is 15.6. The van der Waals surface area contributed by atoms with Gasteiger partial charge in [-0.25, -0.2) is 0 Å². The molecule has 164 valence electrons. The summed E-state index contributed by atoms with van der Waals surface area (Å²) >= 11 is 0. The molecular weight excluding hydrogens is 385 g/mol. The number of rotatable bonds is 8. The van der Waals surface area contributed by atoms with E-state index >= 15 is 0 Å². The number of ether oxygens (including phenoxy) is 1. The highest BCUT2D eigenvalue weighted by molar-refractivity contribution is 5.81. The fraction of sp³-hybridized carbons (Fsp3) is 0.600. The number of nitrogens with one attached hydrogen (secondary N) is 3. The molecule has 0 heterocycles. The number of carbonyl (C=O) groups excluding carboxylic acids is 1. The number of amides is 1. The van der Waals surface area contributed by atoms with E-state index in [1.165, 1.54) is 19.2 Å². The number of halogens is 3. The molecule has 1 aromatic carbocycles. The van der Waals surface area contributed by atoms with Gasteiger partial charge in [-0.1, -0.05) is 13.0 Å². The van der Waals surface area contributed by atoms with Gasteiger partial charge in [0.15, 0.2) is 5.96 Å². The highest BCUT2D eigenvalue weighted by Gasteiger charge is 2.34. The SMILES string of the molecule is CCCNC(=O)CCNC(=NC)NCc1ccc(OC(C)(C)C)cc1C(F)(F)F. The molecule has 0 aliphatic rings. The van der Waals surface area contributed by atoms with Crippen LogP contribution in [0.1, 0.15) is 51.7 Å². The maximum absolute atomic E-state index is 13.5. The van der Waals surface area contributed by atoms with Crippen molar-refractivity contribution in [2.45, 2.75) is 58.9 Å². The third kappa shape index (κ3) is 9.54. The van der Waals surface area contributed by atoms with Crippen LogP contribution in [0.25, 0.3) is 0 Å². The van der Waals surface area contributed by atoms with E-state index < -0.39 is 17.3 Å². The van der Waals surface area contributed by atoms with E-state index in [1.54, 1.807) is 20.8 Å². The third-order valence-corrected chi connectivity index (χ3v) is 3.70. The zero-order valence-electron chi connectivity index (χ0n) is 17.7. The molecule has 0 saturated carbocycles. The van der Waals surface area contributed by atoms with Gasteiger partial charge in [0.1, 0.15) is 11.4 Å². The standard InChI is InChI=1S/C20H31F3N4O2/c1-6-10-25-17(28)9-11-26-18(24-5)27-13-14-7-8-15(29-19(2,3)4)12-16(14)20(21,22)23/h7-8,12H,6,9-11,13H2,1-5H3,(H,25,28)(H2,24,26,27). The molecule has 6 nitrogen and oxygen atoms in total. The molecule has 0 atom stereocenters. The number of aliphatic imine (C=N–C) groups is 1. The van der Waals surface area contributed by atoms with E-state index in [2.05, 4.69) is 20.9 Å². The van der Waals surface area contributed by atoms with Crippen LogP contribution in [0.15, 0.2) is 23.2 Å². The summed E-state index contributed by atoms with van der Waals surface area (Å²) in [5.74, 6) is 0.384. The van der Waals surface area contributed by atoms with E-state index in [4.69, 9.17) is 4.74 Å². The van der Waals surface area contributed by atoms with Crippen molar-refractivity contribution in [1.82, 2.24) is 16.0 Å². The predicted octanol–water partition coefficient (Wildman–Crippen LogP) is 3.46. The lowest BCUT2D eigenvalue weighted by Crippen LogP contribution is -2.39. The van der Waals surface area contributed by atoms with E-state index in [9.17, 15) is 18.0 Å². The number of nitrogens with zero attached hydrogens (tertiary/aromatic N) is 1. The van der Waals surface area contributed by atoms with Crippen LogP contribution in [0.3, 0.4) is 0 Å². The second-order valence-electron chi connectivity index (χ2n) is 7.48. The molecule has 0 aliphatic carbocycles. The van der Waals surface area contributed by atoms with Crippen molar-refractivity contribution in [3.05, 3.63) is 29.3 Å². The number of benzene rings is 1. The summed E-state index contributed by atoms with van der Waals surface area (Å²) in [6.07, 6.45) is -3.42. The Balaban J connectivity index is 2.74. The Morgan fingerprint density at radius 1 is 1.10 bits per heavy atom. The van der Waals surface area contributed by atoms with Crippen molar-refractivity contribution >= 4 is 11.9 Å². The van der Waals surface area contributed by atoms with E-state index in [0.29, 0.717) is 19.0 Å². The lowest BCUT2D eigenvalue weighted by molar-refractivity contribution is -0.138. The van der Waals surface area contributed by atoms with Crippen LogP contribution in [0.2, 0.25) is 0 Å². The van der Waals surface area contributed by atoms with Gasteiger partial charge in [0, 0.05) is 33.1 Å². The zero-order valence-corrected chi connectivity index (χ0v) is 17.7. The van der Waals surface area contributed by atoms with Crippen LogP contribution in [0, 0.1) is 0 Å². The van der Waals surface area contributed by atoms with Crippen molar-refractivity contribution in [1.29, 1.82) is 0 Å². The highest BCUT2D eigenvalue weighted by atomic mass is 19.4. The fourth-order valence-electron chi connectivity index (χ4n) is 2.44. The van der Waals surface area contributed by atoms with Crippen LogP contribution in [0.5, 0.6) is 5.75 Å². The Bertz CT molecular complexity index is 698. The minimum Gasteiger partial charge on any atom is -0.488 e. The Morgan fingerprint density at radius 3 is 2.34 bits per heavy atom. The second-order valence-corrected chi connectivity index (χ2v) is 7.48. The van der Waals surface area contributed by atoms with Crippen LogP contribution >= 0.6 is 0 Å². The van der Waals surface area contributed by atoms with Gasteiger partial charge in [-0.2, -0.15) is 13.2 Å². The van der Waals surface area contributed by atoms with Crippen LogP contribution in [0.4, 0.5) is 13.2 Å². The molecule has 0 fully saturated rings. The number of alkyl halides is 3. The molecule has 1 rings (SSSR count). The van der Waals surface area contributed by atoms with Crippen molar-refractivity contribution in [3.63, 3.8) is 0 Å². The molecule has 0 bridgehead atoms. The monoisotopic (exact) mass is 416 g/mol. The molecule has 29 heavy (non-hydrogen) atoms. The molecule has 9 heteroatoms. The Hall–Kier alpha value is -2.45. The number of hydrogen-bond acceptors (Lipinski definition) is 3. The molecule has 0 spiro atoms. The van der Waals surface area contributed by atoms with Gasteiger partial charge in [-0.05, 0) is 44.9 Å². The minimum atomic E-state index is -4.51. The van der Waals surface area contributed by atoms with E-state index in [-0.39, 0.29) is 30.2 Å². The number of carbonyl (C=O) groups is 1. The quantitative estimate of drug-likeness (QED) is 0.448. The normalized spacial score (nSPS) is 12.5. The largest absolute Gasteiger partial charge is 0.488 e. The summed E-state index contributed by atoms with van der Waals surface area (Å²) in [6, 6.07) is 3.92. The van der Waals surface area contributed by atoms with Crippen molar-refractivity contribution in [2.24, 2.45) is 4.99 Å². The van der Waals surface area contributed by atoms with Crippen LogP contribution < -0.4 is 20.7 Å². The van der Waals surface area contributed by atoms with Crippen LogP contribution in [-0.4, -0.2) is 37.6 Å². The maximum Gasteiger partial charge on any atom is 0.416 e. The summed E-state index contributed by atoms with van der Waals surface area (Å²) in [5.41, 5.74) is -1.29. The first-order valence-electron chi connectivity index (χ1n) is 9.56. The average Bonchev–Trinajstić information content (AvgIpc) is 2.61. The van der Waals surface area contributed by atoms with Crippen LogP contribution in [-0.2, 0) is 17.5 Å².